The Bertz CT molecular complexity index is 469. The van der Waals surface area contributed by atoms with Crippen molar-refractivity contribution in [2.45, 2.75) is 50.4 Å². The number of hydrogen-bond donors (Lipinski definition) is 0. The van der Waals surface area contributed by atoms with Gasteiger partial charge in [-0.3, -0.25) is 0 Å². The van der Waals surface area contributed by atoms with Gasteiger partial charge in [0.05, 0.1) is 11.5 Å². The topological polar surface area (TPSA) is 23.8 Å². The van der Waals surface area contributed by atoms with Crippen LogP contribution in [0.2, 0.25) is 0 Å². The maximum atomic E-state index is 13.0. The van der Waals surface area contributed by atoms with Gasteiger partial charge in [0.1, 0.15) is 5.82 Å². The van der Waals surface area contributed by atoms with Gasteiger partial charge >= 0.3 is 0 Å². The molecule has 0 atom stereocenters. The van der Waals surface area contributed by atoms with Crippen molar-refractivity contribution in [3.63, 3.8) is 0 Å². The Morgan fingerprint density at radius 2 is 1.61 bits per heavy atom. The van der Waals surface area contributed by atoms with Crippen LogP contribution in [-0.2, 0) is 5.41 Å². The first-order valence-electron chi connectivity index (χ1n) is 6.86. The molecule has 1 aromatic rings. The summed E-state index contributed by atoms with van der Waals surface area (Å²) in [5.41, 5.74) is 1.08. The first-order chi connectivity index (χ1) is 8.68. The zero-order chi connectivity index (χ0) is 12.6. The van der Waals surface area contributed by atoms with Crippen LogP contribution in [0.25, 0.3) is 0 Å². The molecule has 1 nitrogen and oxygen atoms in total. The van der Waals surface area contributed by atoms with Crippen molar-refractivity contribution in [2.75, 3.05) is 0 Å². The van der Waals surface area contributed by atoms with Crippen molar-refractivity contribution in [1.29, 1.82) is 5.26 Å². The molecule has 2 heteroatoms. The summed E-state index contributed by atoms with van der Waals surface area (Å²) in [7, 11) is 0. The molecule has 18 heavy (non-hydrogen) atoms. The number of hydrogen-bond acceptors (Lipinski definition) is 1. The van der Waals surface area contributed by atoms with Crippen molar-refractivity contribution in [3.8, 4) is 6.07 Å². The molecule has 0 aliphatic heterocycles. The van der Waals surface area contributed by atoms with Gasteiger partial charge in [-0.1, -0.05) is 31.4 Å². The molecule has 1 aromatic carbocycles. The summed E-state index contributed by atoms with van der Waals surface area (Å²) in [5, 5.41) is 9.53. The van der Waals surface area contributed by atoms with Gasteiger partial charge in [-0.2, -0.15) is 5.26 Å². The molecule has 0 aromatic heterocycles. The zero-order valence-electron chi connectivity index (χ0n) is 10.6. The lowest BCUT2D eigenvalue weighted by Gasteiger charge is -2.55. The lowest BCUT2D eigenvalue weighted by Crippen LogP contribution is -2.49. The summed E-state index contributed by atoms with van der Waals surface area (Å²) >= 11 is 0. The van der Waals surface area contributed by atoms with E-state index in [1.807, 2.05) is 0 Å². The Hall–Kier alpha value is -1.36. The third kappa shape index (κ3) is 1.73. The van der Waals surface area contributed by atoms with Gasteiger partial charge < -0.3 is 0 Å². The van der Waals surface area contributed by atoms with Crippen LogP contribution in [0.1, 0.15) is 50.5 Å². The summed E-state index contributed by atoms with van der Waals surface area (Å²) in [5.74, 6) is -0.224. The van der Waals surface area contributed by atoms with Crippen molar-refractivity contribution >= 4 is 0 Å². The maximum Gasteiger partial charge on any atom is 0.123 e. The third-order valence-corrected chi connectivity index (χ3v) is 4.88. The predicted molar refractivity (Wildman–Crippen MR) is 68.4 cm³/mol. The molecule has 0 N–H and O–H groups in total. The lowest BCUT2D eigenvalue weighted by molar-refractivity contribution is 0.0168. The average Bonchev–Trinajstić information content (AvgIpc) is 2.37. The highest BCUT2D eigenvalue weighted by Crippen LogP contribution is 2.61. The number of benzene rings is 1. The number of halogens is 1. The smallest absolute Gasteiger partial charge is 0.123 e. The van der Waals surface area contributed by atoms with E-state index in [1.165, 1.54) is 44.2 Å². The lowest BCUT2D eigenvalue weighted by atomic mass is 9.47. The van der Waals surface area contributed by atoms with E-state index < -0.39 is 0 Å². The van der Waals surface area contributed by atoms with Crippen molar-refractivity contribution < 1.29 is 4.39 Å². The summed E-state index contributed by atoms with van der Waals surface area (Å²) in [6.45, 7) is 0. The molecular formula is C16H18FN. The molecule has 0 radical (unpaired) electrons. The largest absolute Gasteiger partial charge is 0.207 e. The van der Waals surface area contributed by atoms with E-state index in [9.17, 15) is 9.65 Å². The molecule has 1 spiro atoms. The standard InChI is InChI=1S/C16H18FN/c17-14-6-4-13(5-7-14)16(12-18)10-15(11-16)8-2-1-3-9-15/h4-7H,1-3,8-11H2. The molecule has 3 rings (SSSR count). The first kappa shape index (κ1) is 11.7. The Morgan fingerprint density at radius 1 is 1.00 bits per heavy atom. The van der Waals surface area contributed by atoms with Gasteiger partial charge in [-0.05, 0) is 48.8 Å². The van der Waals surface area contributed by atoms with E-state index in [-0.39, 0.29) is 11.2 Å². The molecule has 0 heterocycles. The van der Waals surface area contributed by atoms with Gasteiger partial charge in [0.2, 0.25) is 0 Å². The van der Waals surface area contributed by atoms with E-state index in [4.69, 9.17) is 0 Å². The van der Waals surface area contributed by atoms with Crippen LogP contribution in [0.15, 0.2) is 24.3 Å². The minimum Gasteiger partial charge on any atom is -0.207 e. The number of nitrogens with zero attached hydrogens (tertiary/aromatic N) is 1. The Morgan fingerprint density at radius 3 is 2.17 bits per heavy atom. The third-order valence-electron chi connectivity index (χ3n) is 4.88. The van der Waals surface area contributed by atoms with Gasteiger partial charge in [0.25, 0.3) is 0 Å². The van der Waals surface area contributed by atoms with Crippen LogP contribution in [0.3, 0.4) is 0 Å². The molecule has 2 aliphatic rings. The fourth-order valence-corrected chi connectivity index (χ4v) is 4.00. The van der Waals surface area contributed by atoms with Crippen LogP contribution in [0.5, 0.6) is 0 Å². The van der Waals surface area contributed by atoms with Crippen molar-refractivity contribution in [2.24, 2.45) is 5.41 Å². The summed E-state index contributed by atoms with van der Waals surface area (Å²) in [4.78, 5) is 0. The molecule has 0 amide bonds. The van der Waals surface area contributed by atoms with E-state index in [0.29, 0.717) is 5.41 Å². The minimum absolute atomic E-state index is 0.224. The number of nitriles is 1. The fourth-order valence-electron chi connectivity index (χ4n) is 4.00. The molecule has 2 aliphatic carbocycles. The van der Waals surface area contributed by atoms with E-state index in [1.54, 1.807) is 12.1 Å². The second-order valence-electron chi connectivity index (χ2n) is 6.12. The molecule has 0 unspecified atom stereocenters. The second kappa shape index (κ2) is 4.09. The van der Waals surface area contributed by atoms with Gasteiger partial charge in [-0.25, -0.2) is 4.39 Å². The average molecular weight is 243 g/mol. The van der Waals surface area contributed by atoms with Gasteiger partial charge in [0, 0.05) is 0 Å². The first-order valence-corrected chi connectivity index (χ1v) is 6.86. The van der Waals surface area contributed by atoms with E-state index >= 15 is 0 Å². The van der Waals surface area contributed by atoms with E-state index in [0.717, 1.165) is 18.4 Å². The zero-order valence-corrected chi connectivity index (χ0v) is 10.6. The molecular weight excluding hydrogens is 225 g/mol. The quantitative estimate of drug-likeness (QED) is 0.720. The predicted octanol–water partition coefficient (Wildman–Crippen LogP) is 4.33. The van der Waals surface area contributed by atoms with Crippen molar-refractivity contribution in [3.05, 3.63) is 35.6 Å². The Labute approximate surface area is 108 Å². The molecule has 2 fully saturated rings. The van der Waals surface area contributed by atoms with Gasteiger partial charge in [0.15, 0.2) is 0 Å². The molecule has 94 valence electrons. The van der Waals surface area contributed by atoms with Crippen LogP contribution in [-0.4, -0.2) is 0 Å². The molecule has 0 saturated heterocycles. The molecule has 2 saturated carbocycles. The highest BCUT2D eigenvalue weighted by molar-refractivity contribution is 5.38. The summed E-state index contributed by atoms with van der Waals surface area (Å²) in [6, 6.07) is 9.02. The van der Waals surface area contributed by atoms with Crippen LogP contribution < -0.4 is 0 Å². The maximum absolute atomic E-state index is 13.0. The monoisotopic (exact) mass is 243 g/mol. The highest BCUT2D eigenvalue weighted by atomic mass is 19.1. The van der Waals surface area contributed by atoms with Crippen molar-refractivity contribution in [1.82, 2.24) is 0 Å². The normalized spacial score (nSPS) is 24.2. The second-order valence-corrected chi connectivity index (χ2v) is 6.12. The fraction of sp³-hybridized carbons (Fsp3) is 0.562. The van der Waals surface area contributed by atoms with E-state index in [2.05, 4.69) is 6.07 Å². The Balaban J connectivity index is 1.82. The summed E-state index contributed by atoms with van der Waals surface area (Å²) in [6.07, 6.45) is 8.47. The Kier molecular flexibility index (Phi) is 2.66. The minimum atomic E-state index is -0.342. The highest BCUT2D eigenvalue weighted by Gasteiger charge is 2.55. The number of rotatable bonds is 1. The van der Waals surface area contributed by atoms with Crippen LogP contribution in [0.4, 0.5) is 4.39 Å². The molecule has 0 bridgehead atoms. The van der Waals surface area contributed by atoms with Crippen LogP contribution in [0, 0.1) is 22.6 Å². The summed E-state index contributed by atoms with van der Waals surface area (Å²) < 4.78 is 13.0. The van der Waals surface area contributed by atoms with Gasteiger partial charge in [-0.15, -0.1) is 0 Å². The van der Waals surface area contributed by atoms with Crippen LogP contribution >= 0.6 is 0 Å². The SMILES string of the molecule is N#CC1(c2ccc(F)cc2)CC2(CCCCC2)C1.